The Morgan fingerprint density at radius 3 is 2.70 bits per heavy atom. The van der Waals surface area contributed by atoms with E-state index in [1.54, 1.807) is 6.07 Å². The van der Waals surface area contributed by atoms with Crippen LogP contribution in [-0.4, -0.2) is 23.3 Å². The minimum Gasteiger partial charge on any atom is -0.464 e. The minimum absolute atomic E-state index is 0.154. The number of aromatic amines is 1. The minimum atomic E-state index is -0.554. The molecule has 0 unspecified atom stereocenters. The van der Waals surface area contributed by atoms with Gasteiger partial charge in [0.1, 0.15) is 11.5 Å². The highest BCUT2D eigenvalue weighted by Gasteiger charge is 2.17. The molecule has 0 aliphatic heterocycles. The zero-order chi connectivity index (χ0) is 14.9. The van der Waals surface area contributed by atoms with E-state index < -0.39 is 11.8 Å². The van der Waals surface area contributed by atoms with E-state index in [1.807, 2.05) is 13.8 Å². The summed E-state index contributed by atoms with van der Waals surface area (Å²) in [6.07, 6.45) is 0. The molecule has 0 aliphatic rings. The fourth-order valence-corrected chi connectivity index (χ4v) is 2.25. The second-order valence-electron chi connectivity index (χ2n) is 4.67. The summed E-state index contributed by atoms with van der Waals surface area (Å²) in [6, 6.07) is 4.36. The van der Waals surface area contributed by atoms with E-state index in [0.717, 1.165) is 5.56 Å². The highest BCUT2D eigenvalue weighted by molar-refractivity contribution is 6.31. The van der Waals surface area contributed by atoms with Crippen LogP contribution >= 0.6 is 11.6 Å². The van der Waals surface area contributed by atoms with Gasteiger partial charge < -0.3 is 4.74 Å². The van der Waals surface area contributed by atoms with Crippen LogP contribution in [0, 0.1) is 5.82 Å². The lowest BCUT2D eigenvalue weighted by molar-refractivity contribution is 0.0594. The number of halogens is 2. The number of ether oxygens (including phenoxy) is 1. The van der Waals surface area contributed by atoms with Gasteiger partial charge in [0.2, 0.25) is 0 Å². The molecule has 0 fully saturated rings. The van der Waals surface area contributed by atoms with Gasteiger partial charge in [-0.3, -0.25) is 5.10 Å². The van der Waals surface area contributed by atoms with Crippen LogP contribution in [0.1, 0.15) is 35.8 Å². The summed E-state index contributed by atoms with van der Waals surface area (Å²) in [5.74, 6) is -0.884. The van der Waals surface area contributed by atoms with Gasteiger partial charge in [-0.25, -0.2) is 9.18 Å². The molecule has 0 saturated heterocycles. The summed E-state index contributed by atoms with van der Waals surface area (Å²) in [4.78, 5) is 11.4. The Hall–Kier alpha value is -1.88. The van der Waals surface area contributed by atoms with Crippen molar-refractivity contribution in [3.63, 3.8) is 0 Å². The van der Waals surface area contributed by atoms with Crippen molar-refractivity contribution in [1.29, 1.82) is 0 Å². The number of rotatable bonds is 3. The van der Waals surface area contributed by atoms with Crippen molar-refractivity contribution in [2.45, 2.75) is 19.8 Å². The smallest absolute Gasteiger partial charge is 0.356 e. The first-order valence-corrected chi connectivity index (χ1v) is 6.45. The number of benzene rings is 1. The number of hydrogen-bond acceptors (Lipinski definition) is 3. The molecule has 1 aromatic carbocycles. The van der Waals surface area contributed by atoms with E-state index in [2.05, 4.69) is 14.9 Å². The van der Waals surface area contributed by atoms with Crippen molar-refractivity contribution >= 4 is 17.6 Å². The lowest BCUT2D eigenvalue weighted by Gasteiger charge is -2.10. The molecule has 0 atom stereocenters. The molecule has 106 valence electrons. The largest absolute Gasteiger partial charge is 0.464 e. The summed E-state index contributed by atoms with van der Waals surface area (Å²) < 4.78 is 18.6. The number of methoxy groups -OCH3 is 1. The average Bonchev–Trinajstić information content (AvgIpc) is 2.86. The average molecular weight is 297 g/mol. The number of aromatic nitrogens is 2. The molecule has 1 N–H and O–H groups in total. The van der Waals surface area contributed by atoms with Crippen molar-refractivity contribution in [2.75, 3.05) is 7.11 Å². The molecule has 0 bridgehead atoms. The third kappa shape index (κ3) is 2.67. The van der Waals surface area contributed by atoms with Crippen molar-refractivity contribution < 1.29 is 13.9 Å². The van der Waals surface area contributed by atoms with Crippen LogP contribution in [0.15, 0.2) is 18.2 Å². The van der Waals surface area contributed by atoms with Crippen LogP contribution in [0.4, 0.5) is 4.39 Å². The molecule has 2 rings (SSSR count). The van der Waals surface area contributed by atoms with Crippen molar-refractivity contribution in [3.05, 3.63) is 40.3 Å². The Labute approximate surface area is 120 Å². The third-order valence-electron chi connectivity index (χ3n) is 2.97. The molecule has 1 heterocycles. The molecule has 0 aliphatic carbocycles. The highest BCUT2D eigenvalue weighted by Crippen LogP contribution is 2.31. The van der Waals surface area contributed by atoms with E-state index in [9.17, 15) is 9.18 Å². The monoisotopic (exact) mass is 296 g/mol. The van der Waals surface area contributed by atoms with Crippen molar-refractivity contribution in [1.82, 2.24) is 10.2 Å². The molecular formula is C14H14ClFN2O2. The molecule has 6 heteroatoms. The number of carbonyl (C=O) groups excluding carboxylic acids is 1. The number of carbonyl (C=O) groups is 1. The fraction of sp³-hybridized carbons (Fsp3) is 0.286. The van der Waals surface area contributed by atoms with Gasteiger partial charge in [-0.2, -0.15) is 5.10 Å². The quantitative estimate of drug-likeness (QED) is 0.877. The van der Waals surface area contributed by atoms with Crippen LogP contribution in [0.25, 0.3) is 11.3 Å². The zero-order valence-electron chi connectivity index (χ0n) is 11.3. The van der Waals surface area contributed by atoms with E-state index in [1.165, 1.54) is 19.2 Å². The van der Waals surface area contributed by atoms with E-state index in [4.69, 9.17) is 11.6 Å². The first-order chi connectivity index (χ1) is 9.43. The summed E-state index contributed by atoms with van der Waals surface area (Å²) in [5.41, 5.74) is 1.62. The molecule has 0 saturated carbocycles. The lowest BCUT2D eigenvalue weighted by Crippen LogP contribution is -2.00. The Morgan fingerprint density at radius 2 is 2.10 bits per heavy atom. The van der Waals surface area contributed by atoms with Crippen LogP contribution in [0.5, 0.6) is 0 Å². The third-order valence-corrected chi connectivity index (χ3v) is 3.29. The number of nitrogens with zero attached hydrogens (tertiary/aromatic N) is 1. The Bertz CT molecular complexity index is 653. The van der Waals surface area contributed by atoms with Gasteiger partial charge in [-0.05, 0) is 29.7 Å². The molecule has 4 nitrogen and oxygen atoms in total. The van der Waals surface area contributed by atoms with Gasteiger partial charge in [0.15, 0.2) is 0 Å². The predicted octanol–water partition coefficient (Wildman–Crippen LogP) is 3.78. The van der Waals surface area contributed by atoms with Gasteiger partial charge in [0.05, 0.1) is 12.8 Å². The summed E-state index contributed by atoms with van der Waals surface area (Å²) in [6.45, 7) is 3.93. The predicted molar refractivity (Wildman–Crippen MR) is 74.4 cm³/mol. The SMILES string of the molecule is COC(=O)c1cc(-c2cc(C(C)C)c(Cl)cc2F)n[nH]1. The Kier molecular flexibility index (Phi) is 4.09. The maximum absolute atomic E-state index is 14.0. The molecule has 1 aromatic heterocycles. The Balaban J connectivity index is 2.49. The second-order valence-corrected chi connectivity index (χ2v) is 5.07. The van der Waals surface area contributed by atoms with Crippen molar-refractivity contribution in [3.8, 4) is 11.3 Å². The van der Waals surface area contributed by atoms with Crippen LogP contribution in [-0.2, 0) is 4.74 Å². The highest BCUT2D eigenvalue weighted by atomic mass is 35.5. The number of esters is 1. The molecule has 0 amide bonds. The molecular weight excluding hydrogens is 283 g/mol. The van der Waals surface area contributed by atoms with E-state index >= 15 is 0 Å². The first kappa shape index (κ1) is 14.5. The summed E-state index contributed by atoms with van der Waals surface area (Å²) >= 11 is 6.02. The van der Waals surface area contributed by atoms with Gasteiger partial charge in [0, 0.05) is 10.6 Å². The van der Waals surface area contributed by atoms with Gasteiger partial charge in [-0.15, -0.1) is 0 Å². The Morgan fingerprint density at radius 1 is 1.40 bits per heavy atom. The van der Waals surface area contributed by atoms with Gasteiger partial charge in [-0.1, -0.05) is 25.4 Å². The zero-order valence-corrected chi connectivity index (χ0v) is 12.1. The first-order valence-electron chi connectivity index (χ1n) is 6.07. The summed E-state index contributed by atoms with van der Waals surface area (Å²) in [5, 5.41) is 6.84. The van der Waals surface area contributed by atoms with Crippen LogP contribution in [0.2, 0.25) is 5.02 Å². The van der Waals surface area contributed by atoms with Crippen LogP contribution in [0.3, 0.4) is 0 Å². The number of nitrogens with one attached hydrogen (secondary N) is 1. The number of H-pyrrole nitrogens is 1. The van der Waals surface area contributed by atoms with Crippen LogP contribution < -0.4 is 0 Å². The lowest BCUT2D eigenvalue weighted by atomic mass is 9.99. The fourth-order valence-electron chi connectivity index (χ4n) is 1.88. The van der Waals surface area contributed by atoms with E-state index in [-0.39, 0.29) is 11.6 Å². The second kappa shape index (κ2) is 5.63. The maximum atomic E-state index is 14.0. The normalized spacial score (nSPS) is 10.9. The molecule has 2 aromatic rings. The molecule has 20 heavy (non-hydrogen) atoms. The maximum Gasteiger partial charge on any atom is 0.356 e. The van der Waals surface area contributed by atoms with E-state index in [0.29, 0.717) is 16.3 Å². The number of hydrogen-bond donors (Lipinski definition) is 1. The van der Waals surface area contributed by atoms with Gasteiger partial charge >= 0.3 is 5.97 Å². The van der Waals surface area contributed by atoms with Crippen molar-refractivity contribution in [2.24, 2.45) is 0 Å². The summed E-state index contributed by atoms with van der Waals surface area (Å²) in [7, 11) is 1.27. The topological polar surface area (TPSA) is 55.0 Å². The molecule has 0 radical (unpaired) electrons. The van der Waals surface area contributed by atoms with Gasteiger partial charge in [0.25, 0.3) is 0 Å². The molecule has 0 spiro atoms. The standard InChI is InChI=1S/C14H14ClFN2O2/c1-7(2)8-4-9(11(16)5-10(8)15)12-6-13(18-17-12)14(19)20-3/h4-7H,1-3H3,(H,17,18).